The minimum Gasteiger partial charge on any atom is -0.462 e. The fourth-order valence-electron chi connectivity index (χ4n) is 1.61. The standard InChI is InChI=1S/C11H14N4O2/c1-9-8-10(17-5-2-12)14-11(13-9)15-3-6-16-7-4-15/h8H,3-7H2,1H3. The minimum absolute atomic E-state index is 0.000988. The first-order valence-electron chi connectivity index (χ1n) is 5.48. The van der Waals surface area contributed by atoms with Gasteiger partial charge in [-0.1, -0.05) is 0 Å². The van der Waals surface area contributed by atoms with E-state index in [9.17, 15) is 0 Å². The Morgan fingerprint density at radius 2 is 2.24 bits per heavy atom. The molecule has 2 rings (SSSR count). The van der Waals surface area contributed by atoms with Crippen LogP contribution in [0.5, 0.6) is 5.88 Å². The van der Waals surface area contributed by atoms with Crippen molar-refractivity contribution in [2.45, 2.75) is 6.92 Å². The largest absolute Gasteiger partial charge is 0.462 e. The van der Waals surface area contributed by atoms with E-state index in [1.165, 1.54) is 0 Å². The van der Waals surface area contributed by atoms with Crippen LogP contribution in [0.4, 0.5) is 5.95 Å². The van der Waals surface area contributed by atoms with E-state index in [2.05, 4.69) is 14.9 Å². The fourth-order valence-corrected chi connectivity index (χ4v) is 1.61. The molecule has 1 fully saturated rings. The molecule has 0 saturated carbocycles. The number of aryl methyl sites for hydroxylation is 1. The SMILES string of the molecule is Cc1cc(OCC#N)nc(N2CCOCC2)n1. The van der Waals surface area contributed by atoms with Gasteiger partial charge in [0.25, 0.3) is 0 Å². The van der Waals surface area contributed by atoms with Crippen LogP contribution in [0.2, 0.25) is 0 Å². The average Bonchev–Trinajstić information content (AvgIpc) is 2.37. The number of hydrogen-bond acceptors (Lipinski definition) is 6. The van der Waals surface area contributed by atoms with Gasteiger partial charge >= 0.3 is 0 Å². The van der Waals surface area contributed by atoms with Crippen molar-refractivity contribution in [3.63, 3.8) is 0 Å². The molecule has 1 saturated heterocycles. The summed E-state index contributed by atoms with van der Waals surface area (Å²) >= 11 is 0. The van der Waals surface area contributed by atoms with Crippen molar-refractivity contribution in [2.75, 3.05) is 37.8 Å². The summed E-state index contributed by atoms with van der Waals surface area (Å²) in [5, 5.41) is 8.47. The quantitative estimate of drug-likeness (QED) is 0.759. The molecule has 0 amide bonds. The van der Waals surface area contributed by atoms with Gasteiger partial charge in [-0.15, -0.1) is 0 Å². The molecule has 17 heavy (non-hydrogen) atoms. The number of nitrogens with zero attached hydrogens (tertiary/aromatic N) is 4. The lowest BCUT2D eigenvalue weighted by molar-refractivity contribution is 0.122. The van der Waals surface area contributed by atoms with Gasteiger partial charge in [-0.2, -0.15) is 10.2 Å². The summed E-state index contributed by atoms with van der Waals surface area (Å²) < 4.78 is 10.5. The molecule has 0 bridgehead atoms. The number of nitriles is 1. The maximum atomic E-state index is 8.47. The molecule has 1 aromatic heterocycles. The Hall–Kier alpha value is -1.87. The first-order valence-corrected chi connectivity index (χ1v) is 5.48. The smallest absolute Gasteiger partial charge is 0.229 e. The van der Waals surface area contributed by atoms with Gasteiger partial charge in [0.05, 0.1) is 13.2 Å². The molecule has 90 valence electrons. The zero-order chi connectivity index (χ0) is 12.1. The van der Waals surface area contributed by atoms with Crippen LogP contribution in [0.15, 0.2) is 6.07 Å². The summed E-state index contributed by atoms with van der Waals surface area (Å²) in [6.45, 7) is 4.81. The Morgan fingerprint density at radius 3 is 2.94 bits per heavy atom. The summed E-state index contributed by atoms with van der Waals surface area (Å²) in [7, 11) is 0. The van der Waals surface area contributed by atoms with Crippen molar-refractivity contribution in [1.29, 1.82) is 5.26 Å². The van der Waals surface area contributed by atoms with Crippen molar-refractivity contribution in [2.24, 2.45) is 0 Å². The highest BCUT2D eigenvalue weighted by molar-refractivity contribution is 5.34. The van der Waals surface area contributed by atoms with E-state index in [4.69, 9.17) is 14.7 Å². The normalized spacial score (nSPS) is 15.4. The van der Waals surface area contributed by atoms with Crippen molar-refractivity contribution >= 4 is 5.95 Å². The second-order valence-electron chi connectivity index (χ2n) is 3.69. The van der Waals surface area contributed by atoms with Crippen LogP contribution < -0.4 is 9.64 Å². The van der Waals surface area contributed by atoms with E-state index < -0.39 is 0 Å². The Balaban J connectivity index is 2.15. The number of aromatic nitrogens is 2. The Bertz CT molecular complexity index is 424. The molecule has 1 aliphatic rings. The second-order valence-corrected chi connectivity index (χ2v) is 3.69. The van der Waals surface area contributed by atoms with Crippen molar-refractivity contribution in [3.8, 4) is 11.9 Å². The van der Waals surface area contributed by atoms with Gasteiger partial charge in [0.2, 0.25) is 11.8 Å². The molecule has 6 heteroatoms. The van der Waals surface area contributed by atoms with E-state index >= 15 is 0 Å². The van der Waals surface area contributed by atoms with Crippen molar-refractivity contribution in [3.05, 3.63) is 11.8 Å². The van der Waals surface area contributed by atoms with Crippen molar-refractivity contribution < 1.29 is 9.47 Å². The fraction of sp³-hybridized carbons (Fsp3) is 0.545. The highest BCUT2D eigenvalue weighted by Crippen LogP contribution is 2.16. The van der Waals surface area contributed by atoms with Gasteiger partial charge in [-0.3, -0.25) is 0 Å². The molecule has 0 N–H and O–H groups in total. The van der Waals surface area contributed by atoms with Crippen LogP contribution >= 0.6 is 0 Å². The first-order chi connectivity index (χ1) is 8.29. The van der Waals surface area contributed by atoms with E-state index in [1.807, 2.05) is 13.0 Å². The Labute approximate surface area is 99.8 Å². The van der Waals surface area contributed by atoms with E-state index in [0.29, 0.717) is 25.0 Å². The lowest BCUT2D eigenvalue weighted by Gasteiger charge is -2.27. The third kappa shape index (κ3) is 3.04. The number of anilines is 1. The van der Waals surface area contributed by atoms with Gasteiger partial charge in [0.1, 0.15) is 6.07 Å². The number of morpholine rings is 1. The molecule has 2 heterocycles. The van der Waals surface area contributed by atoms with E-state index in [1.54, 1.807) is 6.07 Å². The van der Waals surface area contributed by atoms with E-state index in [0.717, 1.165) is 18.8 Å². The summed E-state index contributed by atoms with van der Waals surface area (Å²) in [5.74, 6) is 1.08. The topological polar surface area (TPSA) is 71.3 Å². The Kier molecular flexibility index (Phi) is 3.73. The summed E-state index contributed by atoms with van der Waals surface area (Å²) in [4.78, 5) is 10.7. The molecular formula is C11H14N4O2. The Morgan fingerprint density at radius 1 is 1.47 bits per heavy atom. The molecule has 0 spiro atoms. The number of ether oxygens (including phenoxy) is 2. The summed E-state index contributed by atoms with van der Waals surface area (Å²) in [6, 6.07) is 3.64. The molecule has 0 aliphatic carbocycles. The lowest BCUT2D eigenvalue weighted by atomic mass is 10.4. The van der Waals surface area contributed by atoms with Gasteiger partial charge < -0.3 is 14.4 Å². The summed E-state index contributed by atoms with van der Waals surface area (Å²) in [5.41, 5.74) is 0.828. The average molecular weight is 234 g/mol. The second kappa shape index (κ2) is 5.46. The van der Waals surface area contributed by atoms with Crippen LogP contribution in [0.3, 0.4) is 0 Å². The predicted molar refractivity (Wildman–Crippen MR) is 60.9 cm³/mol. The zero-order valence-corrected chi connectivity index (χ0v) is 9.72. The monoisotopic (exact) mass is 234 g/mol. The number of rotatable bonds is 3. The molecule has 0 atom stereocenters. The third-order valence-electron chi connectivity index (χ3n) is 2.40. The van der Waals surface area contributed by atoms with Gasteiger partial charge in [0, 0.05) is 24.8 Å². The highest BCUT2D eigenvalue weighted by Gasteiger charge is 2.15. The maximum Gasteiger partial charge on any atom is 0.229 e. The van der Waals surface area contributed by atoms with E-state index in [-0.39, 0.29) is 6.61 Å². The third-order valence-corrected chi connectivity index (χ3v) is 2.40. The van der Waals surface area contributed by atoms with Crippen LogP contribution in [0.25, 0.3) is 0 Å². The number of hydrogen-bond donors (Lipinski definition) is 0. The molecule has 1 aromatic rings. The predicted octanol–water partition coefficient (Wildman–Crippen LogP) is 0.524. The van der Waals surface area contributed by atoms with Crippen molar-refractivity contribution in [1.82, 2.24) is 9.97 Å². The molecule has 0 aromatic carbocycles. The van der Waals surface area contributed by atoms with Crippen LogP contribution in [-0.4, -0.2) is 42.9 Å². The van der Waals surface area contributed by atoms with Gasteiger partial charge in [-0.25, -0.2) is 4.98 Å². The summed E-state index contributed by atoms with van der Waals surface area (Å²) in [6.07, 6.45) is 0. The molecule has 0 radical (unpaired) electrons. The lowest BCUT2D eigenvalue weighted by Crippen LogP contribution is -2.37. The molecule has 0 unspecified atom stereocenters. The van der Waals surface area contributed by atoms with Crippen LogP contribution in [0.1, 0.15) is 5.69 Å². The minimum atomic E-state index is -0.000988. The highest BCUT2D eigenvalue weighted by atomic mass is 16.5. The molecule has 6 nitrogen and oxygen atoms in total. The first kappa shape index (κ1) is 11.6. The maximum absolute atomic E-state index is 8.47. The molecule has 1 aliphatic heterocycles. The molecular weight excluding hydrogens is 220 g/mol. The van der Waals surface area contributed by atoms with Gasteiger partial charge in [0.15, 0.2) is 6.61 Å². The van der Waals surface area contributed by atoms with Gasteiger partial charge in [-0.05, 0) is 6.92 Å². The zero-order valence-electron chi connectivity index (χ0n) is 9.72. The van der Waals surface area contributed by atoms with Crippen LogP contribution in [0, 0.1) is 18.3 Å². The van der Waals surface area contributed by atoms with Crippen LogP contribution in [-0.2, 0) is 4.74 Å².